The van der Waals surface area contributed by atoms with Crippen molar-refractivity contribution in [2.24, 2.45) is 0 Å². The first kappa shape index (κ1) is 14.3. The normalized spacial score (nSPS) is 13.9. The molecule has 1 fully saturated rings. The molecular weight excluding hydrogens is 330 g/mol. The molecule has 0 bridgehead atoms. The summed E-state index contributed by atoms with van der Waals surface area (Å²) in [7, 11) is 0. The summed E-state index contributed by atoms with van der Waals surface area (Å²) >= 11 is 6.72. The summed E-state index contributed by atoms with van der Waals surface area (Å²) < 4.78 is 2.17. The molecule has 0 atom stereocenters. The number of para-hydroxylation sites is 1. The molecule has 23 heavy (non-hydrogen) atoms. The molecule has 1 amide bonds. The molecule has 3 aromatic rings. The Bertz CT molecular complexity index is 907. The van der Waals surface area contributed by atoms with Crippen LogP contribution in [0.25, 0.3) is 5.69 Å². The third-order valence-electron chi connectivity index (χ3n) is 3.61. The van der Waals surface area contributed by atoms with E-state index < -0.39 is 0 Å². The number of H-pyrrole nitrogens is 1. The topological polar surface area (TPSA) is 75.6 Å². The van der Waals surface area contributed by atoms with Crippen LogP contribution in [0.15, 0.2) is 36.5 Å². The number of nitrogens with zero attached hydrogens (tertiary/aromatic N) is 3. The van der Waals surface area contributed by atoms with E-state index in [9.17, 15) is 4.79 Å². The van der Waals surface area contributed by atoms with E-state index in [1.807, 2.05) is 30.3 Å². The van der Waals surface area contributed by atoms with Gasteiger partial charge in [-0.3, -0.25) is 14.7 Å². The fraction of sp³-hybridized carbons (Fsp3) is 0.200. The molecule has 2 N–H and O–H groups in total. The van der Waals surface area contributed by atoms with Gasteiger partial charge in [-0.1, -0.05) is 29.5 Å². The SMILES string of the molecule is O=C(Nc1nnc(C2CC2)s1)c1c[nH]c(=S)n1-c1ccccc1. The predicted molar refractivity (Wildman–Crippen MR) is 90.8 cm³/mol. The van der Waals surface area contributed by atoms with Gasteiger partial charge in [-0.25, -0.2) is 0 Å². The van der Waals surface area contributed by atoms with Crippen molar-refractivity contribution in [1.82, 2.24) is 19.7 Å². The summed E-state index contributed by atoms with van der Waals surface area (Å²) in [6.45, 7) is 0. The molecule has 2 aromatic heterocycles. The van der Waals surface area contributed by atoms with Crippen molar-refractivity contribution < 1.29 is 4.79 Å². The number of carbonyl (C=O) groups is 1. The van der Waals surface area contributed by atoms with E-state index in [0.717, 1.165) is 23.5 Å². The molecule has 0 spiro atoms. The molecule has 6 nitrogen and oxygen atoms in total. The molecule has 1 aliphatic rings. The Morgan fingerprint density at radius 1 is 1.30 bits per heavy atom. The number of anilines is 1. The molecule has 0 aliphatic heterocycles. The lowest BCUT2D eigenvalue weighted by Crippen LogP contribution is -2.16. The van der Waals surface area contributed by atoms with E-state index >= 15 is 0 Å². The molecule has 0 radical (unpaired) electrons. The molecule has 1 saturated carbocycles. The summed E-state index contributed by atoms with van der Waals surface area (Å²) in [6.07, 6.45) is 3.93. The standard InChI is InChI=1S/C15H13N5OS2/c21-12(17-14-19-18-13(23-14)9-6-7-9)11-8-16-15(22)20(11)10-4-2-1-3-5-10/h1-5,8-9H,6-7H2,(H,16,22)(H,17,19,21). The summed E-state index contributed by atoms with van der Waals surface area (Å²) in [5.41, 5.74) is 1.27. The van der Waals surface area contributed by atoms with Gasteiger partial charge in [-0.15, -0.1) is 10.2 Å². The van der Waals surface area contributed by atoms with E-state index in [0.29, 0.717) is 21.5 Å². The van der Waals surface area contributed by atoms with Crippen LogP contribution in [-0.2, 0) is 0 Å². The van der Waals surface area contributed by atoms with E-state index in [-0.39, 0.29) is 5.91 Å². The van der Waals surface area contributed by atoms with Crippen molar-refractivity contribution in [3.8, 4) is 5.69 Å². The molecule has 116 valence electrons. The number of aromatic nitrogens is 4. The molecule has 8 heteroatoms. The molecule has 0 saturated heterocycles. The average Bonchev–Trinajstić information content (AvgIpc) is 3.19. The third-order valence-corrected chi connectivity index (χ3v) is 4.91. The van der Waals surface area contributed by atoms with Crippen molar-refractivity contribution in [3.63, 3.8) is 0 Å². The largest absolute Gasteiger partial charge is 0.336 e. The second-order valence-electron chi connectivity index (χ2n) is 5.32. The zero-order valence-corrected chi connectivity index (χ0v) is 13.7. The average molecular weight is 343 g/mol. The summed E-state index contributed by atoms with van der Waals surface area (Å²) in [5.74, 6) is 0.263. The van der Waals surface area contributed by atoms with Gasteiger partial charge >= 0.3 is 0 Å². The number of carbonyl (C=O) groups excluding carboxylic acids is 1. The minimum absolute atomic E-state index is 0.264. The van der Waals surface area contributed by atoms with Crippen LogP contribution in [0.4, 0.5) is 5.13 Å². The maximum atomic E-state index is 12.6. The second kappa shape index (κ2) is 5.71. The van der Waals surface area contributed by atoms with Crippen molar-refractivity contribution in [2.45, 2.75) is 18.8 Å². The van der Waals surface area contributed by atoms with Crippen LogP contribution in [0, 0.1) is 4.77 Å². The molecule has 2 heterocycles. The fourth-order valence-corrected chi connectivity index (χ4v) is 3.48. The van der Waals surface area contributed by atoms with Gasteiger partial charge in [0.2, 0.25) is 5.13 Å². The number of amides is 1. The van der Waals surface area contributed by atoms with Gasteiger partial charge in [0, 0.05) is 17.8 Å². The van der Waals surface area contributed by atoms with Crippen LogP contribution < -0.4 is 5.32 Å². The molecule has 0 unspecified atom stereocenters. The number of imidazole rings is 1. The van der Waals surface area contributed by atoms with Crippen LogP contribution >= 0.6 is 23.6 Å². The second-order valence-corrected chi connectivity index (χ2v) is 6.72. The Morgan fingerprint density at radius 2 is 2.09 bits per heavy atom. The minimum Gasteiger partial charge on any atom is -0.336 e. The van der Waals surface area contributed by atoms with E-state index in [1.54, 1.807) is 10.8 Å². The highest BCUT2D eigenvalue weighted by molar-refractivity contribution is 7.71. The highest BCUT2D eigenvalue weighted by Crippen LogP contribution is 2.42. The lowest BCUT2D eigenvalue weighted by molar-refractivity contribution is 0.102. The summed E-state index contributed by atoms with van der Waals surface area (Å²) in [6, 6.07) is 9.52. The highest BCUT2D eigenvalue weighted by Gasteiger charge is 2.28. The summed E-state index contributed by atoms with van der Waals surface area (Å²) in [4.78, 5) is 15.5. The Morgan fingerprint density at radius 3 is 2.83 bits per heavy atom. The first-order valence-electron chi connectivity index (χ1n) is 7.23. The first-order valence-corrected chi connectivity index (χ1v) is 8.45. The smallest absolute Gasteiger partial charge is 0.276 e. The Labute approximate surface area is 141 Å². The van der Waals surface area contributed by atoms with Crippen molar-refractivity contribution in [3.05, 3.63) is 52.0 Å². The zero-order chi connectivity index (χ0) is 15.8. The van der Waals surface area contributed by atoms with Crippen LogP contribution in [0.1, 0.15) is 34.3 Å². The fourth-order valence-electron chi connectivity index (χ4n) is 2.31. The van der Waals surface area contributed by atoms with Crippen molar-refractivity contribution in [2.75, 3.05) is 5.32 Å². The molecule has 1 aromatic carbocycles. The Kier molecular flexibility index (Phi) is 3.55. The monoisotopic (exact) mass is 343 g/mol. The summed E-state index contributed by atoms with van der Waals surface area (Å²) in [5, 5.41) is 12.5. The van der Waals surface area contributed by atoms with Gasteiger partial charge in [0.25, 0.3) is 5.91 Å². The third kappa shape index (κ3) is 2.82. The van der Waals surface area contributed by atoms with Crippen LogP contribution in [0.2, 0.25) is 0 Å². The maximum Gasteiger partial charge on any atom is 0.276 e. The number of benzene rings is 1. The number of rotatable bonds is 4. The molecule has 4 rings (SSSR count). The van der Waals surface area contributed by atoms with Gasteiger partial charge in [0.15, 0.2) is 4.77 Å². The number of hydrogen-bond donors (Lipinski definition) is 2. The lowest BCUT2D eigenvalue weighted by Gasteiger charge is -2.07. The number of nitrogens with one attached hydrogen (secondary N) is 2. The first-order chi connectivity index (χ1) is 11.2. The number of hydrogen-bond acceptors (Lipinski definition) is 5. The Balaban J connectivity index is 1.62. The van der Waals surface area contributed by atoms with Gasteiger partial charge in [-0.05, 0) is 37.2 Å². The van der Waals surface area contributed by atoms with Crippen LogP contribution in [0.3, 0.4) is 0 Å². The van der Waals surface area contributed by atoms with Crippen LogP contribution in [0.5, 0.6) is 0 Å². The van der Waals surface area contributed by atoms with Gasteiger partial charge in [-0.2, -0.15) is 0 Å². The minimum atomic E-state index is -0.264. The molecule has 1 aliphatic carbocycles. The van der Waals surface area contributed by atoms with Gasteiger partial charge in [0.1, 0.15) is 10.7 Å². The van der Waals surface area contributed by atoms with E-state index in [4.69, 9.17) is 12.2 Å². The quantitative estimate of drug-likeness (QED) is 0.711. The highest BCUT2D eigenvalue weighted by atomic mass is 32.1. The predicted octanol–water partition coefficient (Wildman–Crippen LogP) is 3.52. The van der Waals surface area contributed by atoms with Crippen molar-refractivity contribution >= 4 is 34.6 Å². The van der Waals surface area contributed by atoms with Crippen molar-refractivity contribution in [1.29, 1.82) is 0 Å². The van der Waals surface area contributed by atoms with E-state index in [2.05, 4.69) is 20.5 Å². The Hall–Kier alpha value is -2.32. The van der Waals surface area contributed by atoms with E-state index in [1.165, 1.54) is 11.3 Å². The zero-order valence-electron chi connectivity index (χ0n) is 12.0. The molecular formula is C15H13N5OS2. The lowest BCUT2D eigenvalue weighted by atomic mass is 10.3. The number of aromatic amines is 1. The van der Waals surface area contributed by atoms with Crippen LogP contribution in [-0.4, -0.2) is 25.7 Å². The maximum absolute atomic E-state index is 12.6. The van der Waals surface area contributed by atoms with Gasteiger partial charge in [0.05, 0.1) is 0 Å². The van der Waals surface area contributed by atoms with Gasteiger partial charge < -0.3 is 4.98 Å².